The minimum absolute atomic E-state index is 0. The molecule has 2 rings (SSSR count). The first-order valence-electron chi connectivity index (χ1n) is 3.60. The van der Waals surface area contributed by atoms with Crippen molar-refractivity contribution in [2.24, 2.45) is 4.99 Å². The standard InChI is InChI=1S/C5H6N6S3.Na.H/c12-3-1-2-10(4(13)6-3)11-5(14)7-8-9-11;;/h1,12H,2H2,(H,6,13)(H,7,9,14);;. The Morgan fingerprint density at radius 1 is 1.27 bits per heavy atom. The third-order valence-corrected chi connectivity index (χ3v) is 2.44. The maximum absolute atomic E-state index is 4.19. The van der Waals surface area contributed by atoms with Crippen LogP contribution in [0.3, 0.4) is 0 Å². The first kappa shape index (κ1) is 13.4. The summed E-state index contributed by atoms with van der Waals surface area (Å²) < 4.78 is 0. The number of hydrogen-bond donors (Lipinski definition) is 3. The van der Waals surface area contributed by atoms with Gasteiger partial charge in [0.15, 0.2) is 5.17 Å². The van der Waals surface area contributed by atoms with Crippen LogP contribution in [0.15, 0.2) is 21.3 Å². The van der Waals surface area contributed by atoms with Gasteiger partial charge in [-0.1, -0.05) is 17.7 Å². The molecule has 0 aliphatic carbocycles. The van der Waals surface area contributed by atoms with E-state index in [-0.39, 0.29) is 29.6 Å². The molecule has 0 fully saturated rings. The summed E-state index contributed by atoms with van der Waals surface area (Å²) in [6, 6.07) is 0. The quantitative estimate of drug-likeness (QED) is 0.467. The second-order valence-corrected chi connectivity index (χ2v) is 3.68. The Bertz CT molecular complexity index is 415. The van der Waals surface area contributed by atoms with Crippen LogP contribution in [0.25, 0.3) is 0 Å². The zero-order valence-corrected chi connectivity index (χ0v) is 9.49. The molecular formula is C5H7N6NaS3. The van der Waals surface area contributed by atoms with Gasteiger partial charge in [-0.25, -0.2) is 10.0 Å². The first-order valence-corrected chi connectivity index (χ1v) is 4.94. The third-order valence-electron chi connectivity index (χ3n) is 1.56. The van der Waals surface area contributed by atoms with Crippen LogP contribution in [-0.4, -0.2) is 61.6 Å². The average molecular weight is 270 g/mol. The van der Waals surface area contributed by atoms with E-state index in [4.69, 9.17) is 0 Å². The van der Waals surface area contributed by atoms with E-state index in [1.807, 2.05) is 6.08 Å². The summed E-state index contributed by atoms with van der Waals surface area (Å²) in [6.07, 6.45) is 1.82. The van der Waals surface area contributed by atoms with Crippen LogP contribution in [0.2, 0.25) is 0 Å². The van der Waals surface area contributed by atoms with Crippen molar-refractivity contribution in [3.63, 3.8) is 0 Å². The van der Waals surface area contributed by atoms with Gasteiger partial charge < -0.3 is 0 Å². The molecule has 1 aliphatic rings. The van der Waals surface area contributed by atoms with Crippen molar-refractivity contribution < 1.29 is 0 Å². The van der Waals surface area contributed by atoms with E-state index in [1.54, 1.807) is 5.01 Å². The molecule has 1 aromatic rings. The molecule has 6 nitrogen and oxygen atoms in total. The molecule has 0 aromatic carbocycles. The second-order valence-electron chi connectivity index (χ2n) is 2.42. The predicted octanol–water partition coefficient (Wildman–Crippen LogP) is -0.678. The van der Waals surface area contributed by atoms with Crippen molar-refractivity contribution >= 4 is 72.6 Å². The summed E-state index contributed by atoms with van der Waals surface area (Å²) >= 11 is 12.4. The Kier molecular flexibility index (Phi) is 5.00. The summed E-state index contributed by atoms with van der Waals surface area (Å²) in [4.78, 5) is 5.45. The Labute approximate surface area is 125 Å². The predicted molar refractivity (Wildman–Crippen MR) is 68.8 cm³/mol. The fourth-order valence-electron chi connectivity index (χ4n) is 0.952. The number of tetrazole rings is 1. The van der Waals surface area contributed by atoms with Gasteiger partial charge in [-0.2, -0.15) is 0 Å². The summed E-state index contributed by atoms with van der Waals surface area (Å²) in [5.41, 5.74) is 0. The van der Waals surface area contributed by atoms with Crippen molar-refractivity contribution in [3.8, 4) is 0 Å². The average Bonchev–Trinajstić information content (AvgIpc) is 2.52. The molecule has 1 aliphatic heterocycles. The van der Waals surface area contributed by atoms with Crippen molar-refractivity contribution in [1.82, 2.24) is 20.3 Å². The van der Waals surface area contributed by atoms with Crippen LogP contribution in [-0.2, 0) is 0 Å². The molecule has 0 atom stereocenters. The Hall–Kier alpha value is 0.330. The van der Waals surface area contributed by atoms with Gasteiger partial charge in [0.2, 0.25) is 5.16 Å². The van der Waals surface area contributed by atoms with E-state index in [0.717, 1.165) is 0 Å². The van der Waals surface area contributed by atoms with Gasteiger partial charge in [0.05, 0.1) is 11.6 Å². The summed E-state index contributed by atoms with van der Waals surface area (Å²) in [5, 5.41) is 14.0. The molecule has 10 heteroatoms. The topological polar surface area (TPSA) is 59.2 Å². The van der Waals surface area contributed by atoms with E-state index in [1.165, 1.54) is 4.79 Å². The number of hydrogen-bond acceptors (Lipinski definition) is 7. The summed E-state index contributed by atoms with van der Waals surface area (Å²) in [7, 11) is 0. The van der Waals surface area contributed by atoms with Gasteiger partial charge in [-0.15, -0.1) is 30.0 Å². The van der Waals surface area contributed by atoms with Gasteiger partial charge in [0.1, 0.15) is 0 Å². The zero-order chi connectivity index (χ0) is 10.1. The fourth-order valence-corrected chi connectivity index (χ4v) is 1.67. The van der Waals surface area contributed by atoms with Crippen molar-refractivity contribution in [2.75, 3.05) is 11.6 Å². The number of rotatable bonds is 1. The first-order chi connectivity index (χ1) is 6.68. The van der Waals surface area contributed by atoms with Crippen molar-refractivity contribution in [1.29, 1.82) is 0 Å². The number of amidine groups is 1. The van der Waals surface area contributed by atoms with Crippen molar-refractivity contribution in [3.05, 3.63) is 11.1 Å². The van der Waals surface area contributed by atoms with Crippen LogP contribution in [0, 0.1) is 0 Å². The van der Waals surface area contributed by atoms with Crippen LogP contribution in [0.4, 0.5) is 0 Å². The molecule has 0 N–H and O–H groups in total. The molecule has 15 heavy (non-hydrogen) atoms. The van der Waals surface area contributed by atoms with E-state index < -0.39 is 0 Å². The molecule has 0 amide bonds. The minimum atomic E-state index is 0. The van der Waals surface area contributed by atoms with Gasteiger partial charge in [0.25, 0.3) is 0 Å². The monoisotopic (exact) mass is 270 g/mol. The van der Waals surface area contributed by atoms with Gasteiger partial charge in [-0.3, -0.25) is 0 Å². The molecule has 0 unspecified atom stereocenters. The van der Waals surface area contributed by atoms with Gasteiger partial charge in [0, 0.05) is 0 Å². The van der Waals surface area contributed by atoms with Gasteiger partial charge >= 0.3 is 29.6 Å². The van der Waals surface area contributed by atoms with E-state index in [9.17, 15) is 0 Å². The van der Waals surface area contributed by atoms with E-state index in [2.05, 4.69) is 58.4 Å². The normalized spacial score (nSPS) is 15.5. The second kappa shape index (κ2) is 5.60. The Morgan fingerprint density at radius 2 is 2.00 bits per heavy atom. The van der Waals surface area contributed by atoms with Crippen LogP contribution in [0.1, 0.15) is 0 Å². The van der Waals surface area contributed by atoms with Crippen LogP contribution >= 0.6 is 37.9 Å². The molecule has 0 saturated carbocycles. The molecule has 76 valence electrons. The van der Waals surface area contributed by atoms with E-state index >= 15 is 0 Å². The number of aliphatic imine (C=N–C) groups is 1. The SMILES string of the molecule is SC1=CCN(n2nnnc2S)C(S)=N1.[NaH]. The maximum atomic E-state index is 4.19. The molecule has 0 spiro atoms. The summed E-state index contributed by atoms with van der Waals surface area (Å²) in [5.74, 6) is 0. The molecule has 0 bridgehead atoms. The van der Waals surface area contributed by atoms with E-state index in [0.29, 0.717) is 21.9 Å². The van der Waals surface area contributed by atoms with Gasteiger partial charge in [-0.05, 0) is 16.5 Å². The molecular weight excluding hydrogens is 263 g/mol. The molecule has 0 radical (unpaired) electrons. The Balaban J connectivity index is 0.00000112. The molecule has 0 saturated heterocycles. The molecule has 2 heterocycles. The van der Waals surface area contributed by atoms with Crippen molar-refractivity contribution in [2.45, 2.75) is 5.16 Å². The number of thiol groups is 3. The third kappa shape index (κ3) is 2.92. The fraction of sp³-hybridized carbons (Fsp3) is 0.200. The van der Waals surface area contributed by atoms with Crippen LogP contribution < -0.4 is 5.01 Å². The Morgan fingerprint density at radius 3 is 2.53 bits per heavy atom. The number of aromatic nitrogens is 4. The molecule has 1 aromatic heterocycles. The number of nitrogens with zero attached hydrogens (tertiary/aromatic N) is 6. The zero-order valence-electron chi connectivity index (χ0n) is 6.81. The van der Waals surface area contributed by atoms with Crippen LogP contribution in [0.5, 0.6) is 0 Å². The summed E-state index contributed by atoms with van der Waals surface area (Å²) in [6.45, 7) is 0.555.